The summed E-state index contributed by atoms with van der Waals surface area (Å²) in [4.78, 5) is 11.7. The Hall–Kier alpha value is -2.37. The molecule has 0 saturated heterocycles. The van der Waals surface area contributed by atoms with E-state index < -0.39 is 11.9 Å². The summed E-state index contributed by atoms with van der Waals surface area (Å²) in [5, 5.41) is 11.8. The number of hydrogen-bond acceptors (Lipinski definition) is 4. The molecule has 5 nitrogen and oxygen atoms in total. The first kappa shape index (κ1) is 15.0. The number of benzene rings is 2. The highest BCUT2D eigenvalue weighted by Crippen LogP contribution is 2.08. The molecule has 0 unspecified atom stereocenters. The van der Waals surface area contributed by atoms with Crippen molar-refractivity contribution in [2.24, 2.45) is 0 Å². The van der Waals surface area contributed by atoms with Crippen LogP contribution >= 0.6 is 0 Å². The van der Waals surface area contributed by atoms with Crippen LogP contribution in [-0.2, 0) is 16.1 Å². The first-order valence-electron chi connectivity index (χ1n) is 6.67. The molecule has 0 aliphatic carbocycles. The van der Waals surface area contributed by atoms with Crippen molar-refractivity contribution in [1.29, 1.82) is 0 Å². The van der Waals surface area contributed by atoms with E-state index >= 15 is 0 Å². The van der Waals surface area contributed by atoms with Crippen LogP contribution in [0.25, 0.3) is 0 Å². The van der Waals surface area contributed by atoms with Gasteiger partial charge in [-0.2, -0.15) is 0 Å². The summed E-state index contributed by atoms with van der Waals surface area (Å²) in [6.45, 7) is 0.558. The summed E-state index contributed by atoms with van der Waals surface area (Å²) in [5.74, 6) is -0.535. The van der Waals surface area contributed by atoms with Crippen LogP contribution in [0.5, 0.6) is 0 Å². The second-order valence-corrected chi connectivity index (χ2v) is 4.54. The number of amides is 1. The molecule has 21 heavy (non-hydrogen) atoms. The third kappa shape index (κ3) is 4.91. The lowest BCUT2D eigenvalue weighted by molar-refractivity contribution is -0.131. The lowest BCUT2D eigenvalue weighted by atomic mass is 10.2. The predicted molar refractivity (Wildman–Crippen MR) is 79.9 cm³/mol. The first-order chi connectivity index (χ1) is 10.3. The third-order valence-corrected chi connectivity index (χ3v) is 2.94. The van der Waals surface area contributed by atoms with E-state index in [1.807, 2.05) is 60.7 Å². The van der Waals surface area contributed by atoms with E-state index in [1.54, 1.807) is 5.48 Å². The Kier molecular flexibility index (Phi) is 5.75. The maximum atomic E-state index is 11.7. The van der Waals surface area contributed by atoms with Crippen molar-refractivity contribution in [3.05, 3.63) is 66.2 Å². The van der Waals surface area contributed by atoms with Crippen molar-refractivity contribution in [3.8, 4) is 0 Å². The van der Waals surface area contributed by atoms with Gasteiger partial charge >= 0.3 is 0 Å². The average molecular weight is 286 g/mol. The van der Waals surface area contributed by atoms with Gasteiger partial charge in [-0.05, 0) is 17.7 Å². The second kappa shape index (κ2) is 8.04. The molecule has 0 fully saturated rings. The highest BCUT2D eigenvalue weighted by molar-refractivity contribution is 5.83. The van der Waals surface area contributed by atoms with Crippen molar-refractivity contribution in [2.75, 3.05) is 11.9 Å². The Morgan fingerprint density at radius 3 is 2.29 bits per heavy atom. The topological polar surface area (TPSA) is 70.6 Å². The predicted octanol–water partition coefficient (Wildman–Crippen LogP) is 2.19. The van der Waals surface area contributed by atoms with Crippen LogP contribution in [0.4, 0.5) is 5.69 Å². The van der Waals surface area contributed by atoms with Crippen LogP contribution < -0.4 is 10.8 Å². The number of nitrogens with one attached hydrogen (secondary N) is 2. The van der Waals surface area contributed by atoms with Crippen LogP contribution in [0.1, 0.15) is 5.56 Å². The van der Waals surface area contributed by atoms with Gasteiger partial charge in [-0.25, -0.2) is 5.48 Å². The lowest BCUT2D eigenvalue weighted by Gasteiger charge is -2.18. The molecule has 2 rings (SSSR count). The van der Waals surface area contributed by atoms with Gasteiger partial charge in [0.15, 0.2) is 0 Å². The minimum Gasteiger partial charge on any atom is -0.374 e. The quantitative estimate of drug-likeness (QED) is 0.539. The monoisotopic (exact) mass is 286 g/mol. The largest absolute Gasteiger partial charge is 0.374 e. The minimum atomic E-state index is -0.666. The SMILES string of the molecule is O=C(NO)[C@@H](COCc1ccccc1)Nc1ccccc1. The van der Waals surface area contributed by atoms with Gasteiger partial charge in [-0.1, -0.05) is 48.5 Å². The number of anilines is 1. The Morgan fingerprint density at radius 2 is 1.67 bits per heavy atom. The van der Waals surface area contributed by atoms with Gasteiger partial charge in [0.05, 0.1) is 13.2 Å². The molecule has 0 spiro atoms. The molecule has 5 heteroatoms. The number of hydroxylamine groups is 1. The number of carbonyl (C=O) groups is 1. The molecule has 0 aromatic heterocycles. The molecule has 3 N–H and O–H groups in total. The fourth-order valence-corrected chi connectivity index (χ4v) is 1.87. The molecule has 0 heterocycles. The average Bonchev–Trinajstić information content (AvgIpc) is 2.55. The summed E-state index contributed by atoms with van der Waals surface area (Å²) in [6.07, 6.45) is 0. The van der Waals surface area contributed by atoms with Crippen LogP contribution in [0.3, 0.4) is 0 Å². The van der Waals surface area contributed by atoms with Gasteiger partial charge in [-0.15, -0.1) is 0 Å². The van der Waals surface area contributed by atoms with Crippen molar-refractivity contribution in [3.63, 3.8) is 0 Å². The molecule has 2 aromatic carbocycles. The molecule has 0 bridgehead atoms. The summed E-state index contributed by atoms with van der Waals surface area (Å²) >= 11 is 0. The van der Waals surface area contributed by atoms with E-state index in [-0.39, 0.29) is 6.61 Å². The summed E-state index contributed by atoms with van der Waals surface area (Å²) in [7, 11) is 0. The Bertz CT molecular complexity index is 546. The molecule has 0 aliphatic rings. The fourth-order valence-electron chi connectivity index (χ4n) is 1.87. The lowest BCUT2D eigenvalue weighted by Crippen LogP contribution is -2.41. The van der Waals surface area contributed by atoms with Crippen LogP contribution in [0, 0.1) is 0 Å². The molecule has 110 valence electrons. The second-order valence-electron chi connectivity index (χ2n) is 4.54. The van der Waals surface area contributed by atoms with Gasteiger partial charge in [0, 0.05) is 5.69 Å². The maximum Gasteiger partial charge on any atom is 0.268 e. The third-order valence-electron chi connectivity index (χ3n) is 2.94. The number of rotatable bonds is 7. The normalized spacial score (nSPS) is 11.7. The number of ether oxygens (including phenoxy) is 1. The van der Waals surface area contributed by atoms with E-state index in [0.717, 1.165) is 11.3 Å². The molecule has 0 radical (unpaired) electrons. The molecule has 1 amide bonds. The zero-order chi connectivity index (χ0) is 14.9. The molecule has 2 aromatic rings. The molecule has 1 atom stereocenters. The highest BCUT2D eigenvalue weighted by Gasteiger charge is 2.17. The van der Waals surface area contributed by atoms with Crippen LogP contribution in [0.2, 0.25) is 0 Å². The van der Waals surface area contributed by atoms with Gasteiger partial charge in [0.25, 0.3) is 5.91 Å². The van der Waals surface area contributed by atoms with Crippen molar-refractivity contribution in [2.45, 2.75) is 12.6 Å². The smallest absolute Gasteiger partial charge is 0.268 e. The molecule has 0 saturated carbocycles. The first-order valence-corrected chi connectivity index (χ1v) is 6.67. The van der Waals surface area contributed by atoms with E-state index in [0.29, 0.717) is 6.61 Å². The van der Waals surface area contributed by atoms with Crippen molar-refractivity contribution >= 4 is 11.6 Å². The molecular weight excluding hydrogens is 268 g/mol. The highest BCUT2D eigenvalue weighted by atomic mass is 16.5. The zero-order valence-electron chi connectivity index (χ0n) is 11.5. The van der Waals surface area contributed by atoms with Gasteiger partial charge in [0.2, 0.25) is 0 Å². The fraction of sp³-hybridized carbons (Fsp3) is 0.188. The van der Waals surface area contributed by atoms with E-state index in [2.05, 4.69) is 5.32 Å². The number of para-hydroxylation sites is 1. The maximum absolute atomic E-state index is 11.7. The molecular formula is C16H18N2O3. The van der Waals surface area contributed by atoms with E-state index in [4.69, 9.17) is 9.94 Å². The Labute approximate surface area is 123 Å². The molecule has 0 aliphatic heterocycles. The Morgan fingerprint density at radius 1 is 1.05 bits per heavy atom. The summed E-state index contributed by atoms with van der Waals surface area (Å²) in [6, 6.07) is 18.3. The van der Waals surface area contributed by atoms with Crippen LogP contribution in [0.15, 0.2) is 60.7 Å². The van der Waals surface area contributed by atoms with E-state index in [1.165, 1.54) is 0 Å². The minimum absolute atomic E-state index is 0.149. The Balaban J connectivity index is 1.89. The summed E-state index contributed by atoms with van der Waals surface area (Å²) < 4.78 is 5.54. The standard InChI is InChI=1S/C16H18N2O3/c19-16(18-20)15(17-14-9-5-2-6-10-14)12-21-11-13-7-3-1-4-8-13/h1-10,15,17,20H,11-12H2,(H,18,19)/t15-/m1/s1. The summed E-state index contributed by atoms with van der Waals surface area (Å²) in [5.41, 5.74) is 3.47. The van der Waals surface area contributed by atoms with Crippen molar-refractivity contribution < 1.29 is 14.7 Å². The van der Waals surface area contributed by atoms with Crippen molar-refractivity contribution in [1.82, 2.24) is 5.48 Å². The van der Waals surface area contributed by atoms with E-state index in [9.17, 15) is 4.79 Å². The van der Waals surface area contributed by atoms with Gasteiger partial charge < -0.3 is 10.1 Å². The van der Waals surface area contributed by atoms with Gasteiger partial charge in [-0.3, -0.25) is 10.0 Å². The van der Waals surface area contributed by atoms with Crippen LogP contribution in [-0.4, -0.2) is 23.8 Å². The number of carbonyl (C=O) groups excluding carboxylic acids is 1. The number of hydrogen-bond donors (Lipinski definition) is 3. The van der Waals surface area contributed by atoms with Gasteiger partial charge in [0.1, 0.15) is 6.04 Å². The zero-order valence-corrected chi connectivity index (χ0v) is 11.5.